The van der Waals surface area contributed by atoms with E-state index in [0.29, 0.717) is 16.9 Å². The summed E-state index contributed by atoms with van der Waals surface area (Å²) in [5.41, 5.74) is 1.56. The van der Waals surface area contributed by atoms with Crippen LogP contribution < -0.4 is 11.4 Å². The van der Waals surface area contributed by atoms with Crippen molar-refractivity contribution in [2.45, 2.75) is 39.5 Å². The van der Waals surface area contributed by atoms with Gasteiger partial charge >= 0.3 is 0 Å². The summed E-state index contributed by atoms with van der Waals surface area (Å²) in [5, 5.41) is 4.18. The van der Waals surface area contributed by atoms with E-state index < -0.39 is 0 Å². The molecule has 0 saturated heterocycles. The van der Waals surface area contributed by atoms with E-state index in [1.165, 1.54) is 0 Å². The molecular formula is C11H17N5O. The van der Waals surface area contributed by atoms with Crippen molar-refractivity contribution in [2.24, 2.45) is 0 Å². The average Bonchev–Trinajstić information content (AvgIpc) is 2.56. The van der Waals surface area contributed by atoms with E-state index in [9.17, 15) is 4.79 Å². The topological polar surface area (TPSA) is 89.6 Å². The third-order valence-corrected chi connectivity index (χ3v) is 2.76. The summed E-state index contributed by atoms with van der Waals surface area (Å²) >= 11 is 0. The van der Waals surface area contributed by atoms with Crippen molar-refractivity contribution < 1.29 is 0 Å². The number of unbranched alkanes of at least 4 members (excludes halogenated alkanes) is 2. The van der Waals surface area contributed by atoms with Crippen LogP contribution in [0.3, 0.4) is 0 Å². The van der Waals surface area contributed by atoms with Crippen molar-refractivity contribution in [3.8, 4) is 0 Å². The summed E-state index contributed by atoms with van der Waals surface area (Å²) in [6.45, 7) is 3.90. The van der Waals surface area contributed by atoms with E-state index in [0.717, 1.165) is 36.2 Å². The van der Waals surface area contributed by atoms with Gasteiger partial charge in [0.05, 0.1) is 5.69 Å². The first kappa shape index (κ1) is 11.6. The fourth-order valence-corrected chi connectivity index (χ4v) is 1.93. The van der Waals surface area contributed by atoms with Crippen LogP contribution in [0.5, 0.6) is 0 Å². The summed E-state index contributed by atoms with van der Waals surface area (Å²) in [5.74, 6) is 6.27. The standard InChI is InChI=1S/C11H17N5O/c1-3-4-5-6-8-9-10(16(12)15-8)11(17)14-7(2)13-9/h3-6,12H2,1-2H3,(H,13,14,17). The van der Waals surface area contributed by atoms with E-state index in [4.69, 9.17) is 5.84 Å². The van der Waals surface area contributed by atoms with E-state index in [1.54, 1.807) is 6.92 Å². The highest BCUT2D eigenvalue weighted by Gasteiger charge is 2.13. The van der Waals surface area contributed by atoms with E-state index in [1.807, 2.05) is 0 Å². The molecule has 0 fully saturated rings. The number of nitrogens with zero attached hydrogens (tertiary/aromatic N) is 3. The van der Waals surface area contributed by atoms with Crippen LogP contribution in [-0.2, 0) is 6.42 Å². The smallest absolute Gasteiger partial charge is 0.279 e. The van der Waals surface area contributed by atoms with E-state index in [2.05, 4.69) is 22.0 Å². The minimum absolute atomic E-state index is 0.232. The van der Waals surface area contributed by atoms with Gasteiger partial charge in [-0.15, -0.1) is 0 Å². The summed E-state index contributed by atoms with van der Waals surface area (Å²) in [4.78, 5) is 19.8. The van der Waals surface area contributed by atoms with Crippen LogP contribution >= 0.6 is 0 Å². The van der Waals surface area contributed by atoms with Gasteiger partial charge in [-0.25, -0.2) is 4.98 Å². The zero-order valence-corrected chi connectivity index (χ0v) is 10.2. The Labute approximate surface area is 98.8 Å². The van der Waals surface area contributed by atoms with Gasteiger partial charge in [-0.05, 0) is 19.8 Å². The fraction of sp³-hybridized carbons (Fsp3) is 0.545. The largest absolute Gasteiger partial charge is 0.322 e. The number of nitrogens with one attached hydrogen (secondary N) is 1. The number of hydrogen-bond donors (Lipinski definition) is 2. The number of fused-ring (bicyclic) bond motifs is 1. The molecule has 6 nitrogen and oxygen atoms in total. The van der Waals surface area contributed by atoms with Gasteiger partial charge < -0.3 is 10.8 Å². The Balaban J connectivity index is 2.47. The summed E-state index contributed by atoms with van der Waals surface area (Å²) in [6.07, 6.45) is 4.13. The minimum Gasteiger partial charge on any atom is -0.322 e. The summed E-state index contributed by atoms with van der Waals surface area (Å²) < 4.78 is 0. The van der Waals surface area contributed by atoms with E-state index in [-0.39, 0.29) is 5.56 Å². The molecule has 0 aliphatic rings. The molecule has 0 aliphatic heterocycles. The predicted molar refractivity (Wildman–Crippen MR) is 66.3 cm³/mol. The molecular weight excluding hydrogens is 218 g/mol. The minimum atomic E-state index is -0.232. The second kappa shape index (κ2) is 4.57. The van der Waals surface area contributed by atoms with Crippen LogP contribution in [0.4, 0.5) is 0 Å². The van der Waals surface area contributed by atoms with Crippen LogP contribution in [-0.4, -0.2) is 19.9 Å². The van der Waals surface area contributed by atoms with Gasteiger partial charge in [0.1, 0.15) is 11.3 Å². The molecule has 2 rings (SSSR count). The van der Waals surface area contributed by atoms with Crippen LogP contribution in [0.2, 0.25) is 0 Å². The number of rotatable bonds is 4. The zero-order valence-electron chi connectivity index (χ0n) is 10.2. The zero-order chi connectivity index (χ0) is 12.4. The quantitative estimate of drug-likeness (QED) is 0.608. The highest BCUT2D eigenvalue weighted by molar-refractivity contribution is 5.76. The number of nitrogens with two attached hydrogens (primary N) is 1. The van der Waals surface area contributed by atoms with Crippen LogP contribution in [0.15, 0.2) is 4.79 Å². The molecule has 3 N–H and O–H groups in total. The Morgan fingerprint density at radius 1 is 1.41 bits per heavy atom. The second-order valence-electron chi connectivity index (χ2n) is 4.20. The summed E-state index contributed by atoms with van der Waals surface area (Å²) in [7, 11) is 0. The number of aromatic nitrogens is 4. The van der Waals surface area contributed by atoms with Crippen molar-refractivity contribution in [1.82, 2.24) is 19.9 Å². The maximum Gasteiger partial charge on any atom is 0.279 e. The van der Waals surface area contributed by atoms with E-state index >= 15 is 0 Å². The molecule has 0 aromatic carbocycles. The van der Waals surface area contributed by atoms with Crippen LogP contribution in [0.1, 0.15) is 37.7 Å². The molecule has 2 aromatic rings. The number of hydrogen-bond acceptors (Lipinski definition) is 4. The number of H-pyrrole nitrogens is 1. The number of aryl methyl sites for hydroxylation is 2. The number of nitrogen functional groups attached to an aromatic ring is 1. The molecule has 2 aromatic heterocycles. The molecule has 0 radical (unpaired) electrons. The lowest BCUT2D eigenvalue weighted by Gasteiger charge is -1.96. The lowest BCUT2D eigenvalue weighted by atomic mass is 10.1. The molecule has 0 atom stereocenters. The third kappa shape index (κ3) is 2.15. The molecule has 0 bridgehead atoms. The molecule has 2 heterocycles. The fourth-order valence-electron chi connectivity index (χ4n) is 1.93. The Kier molecular flexibility index (Phi) is 3.12. The lowest BCUT2D eigenvalue weighted by molar-refractivity contribution is 0.696. The maximum absolute atomic E-state index is 11.7. The van der Waals surface area contributed by atoms with Gasteiger partial charge in [0, 0.05) is 0 Å². The van der Waals surface area contributed by atoms with Crippen LogP contribution in [0, 0.1) is 6.92 Å². The van der Waals surface area contributed by atoms with Gasteiger partial charge in [-0.3, -0.25) is 4.79 Å². The van der Waals surface area contributed by atoms with Gasteiger partial charge in [0.25, 0.3) is 5.56 Å². The molecule has 92 valence electrons. The molecule has 0 spiro atoms. The van der Waals surface area contributed by atoms with Gasteiger partial charge in [-0.1, -0.05) is 19.8 Å². The molecule has 6 heteroatoms. The Bertz CT molecular complexity index is 583. The van der Waals surface area contributed by atoms with Gasteiger partial charge in [0.15, 0.2) is 5.52 Å². The summed E-state index contributed by atoms with van der Waals surface area (Å²) in [6, 6.07) is 0. The first-order valence-corrected chi connectivity index (χ1v) is 5.87. The molecule has 0 saturated carbocycles. The second-order valence-corrected chi connectivity index (χ2v) is 4.20. The maximum atomic E-state index is 11.7. The number of aromatic amines is 1. The molecule has 0 amide bonds. The Morgan fingerprint density at radius 2 is 2.18 bits per heavy atom. The predicted octanol–water partition coefficient (Wildman–Crippen LogP) is 0.875. The molecule has 17 heavy (non-hydrogen) atoms. The third-order valence-electron chi connectivity index (χ3n) is 2.76. The van der Waals surface area contributed by atoms with Gasteiger partial charge in [-0.2, -0.15) is 9.89 Å². The molecule has 0 aliphatic carbocycles. The van der Waals surface area contributed by atoms with Crippen LogP contribution in [0.25, 0.3) is 11.0 Å². The Hall–Kier alpha value is -1.85. The van der Waals surface area contributed by atoms with Crippen molar-refractivity contribution in [3.63, 3.8) is 0 Å². The first-order chi connectivity index (χ1) is 8.13. The molecule has 0 unspecified atom stereocenters. The highest BCUT2D eigenvalue weighted by Crippen LogP contribution is 2.13. The SMILES string of the molecule is CCCCCc1nn(N)c2c(=O)[nH]c(C)nc12. The van der Waals surface area contributed by atoms with Crippen molar-refractivity contribution in [1.29, 1.82) is 0 Å². The monoisotopic (exact) mass is 235 g/mol. The highest BCUT2D eigenvalue weighted by atomic mass is 16.1. The van der Waals surface area contributed by atoms with Crippen molar-refractivity contribution in [2.75, 3.05) is 5.84 Å². The first-order valence-electron chi connectivity index (χ1n) is 5.87. The Morgan fingerprint density at radius 3 is 2.88 bits per heavy atom. The normalized spacial score (nSPS) is 11.2. The van der Waals surface area contributed by atoms with Crippen molar-refractivity contribution >= 4 is 11.0 Å². The average molecular weight is 235 g/mol. The van der Waals surface area contributed by atoms with Gasteiger partial charge in [0.2, 0.25) is 0 Å². The lowest BCUT2D eigenvalue weighted by Crippen LogP contribution is -2.18. The van der Waals surface area contributed by atoms with Crippen molar-refractivity contribution in [3.05, 3.63) is 21.9 Å².